The van der Waals surface area contributed by atoms with Gasteiger partial charge in [0.25, 0.3) is 5.91 Å². The van der Waals surface area contributed by atoms with Crippen molar-refractivity contribution < 1.29 is 33.4 Å². The van der Waals surface area contributed by atoms with Gasteiger partial charge in [0.1, 0.15) is 0 Å². The molecule has 0 aliphatic heterocycles. The Labute approximate surface area is 203 Å². The van der Waals surface area contributed by atoms with Gasteiger partial charge in [-0.05, 0) is 31.9 Å². The van der Waals surface area contributed by atoms with E-state index in [1.807, 2.05) is 0 Å². The van der Waals surface area contributed by atoms with Gasteiger partial charge in [-0.1, -0.05) is 31.0 Å². The highest BCUT2D eigenvalue weighted by Gasteiger charge is 2.27. The Balaban J connectivity index is 1.71. The lowest BCUT2D eigenvalue weighted by Crippen LogP contribution is -2.41. The van der Waals surface area contributed by atoms with E-state index >= 15 is 0 Å². The fraction of sp³-hybridized carbons (Fsp3) is 0.360. The van der Waals surface area contributed by atoms with Crippen LogP contribution in [0.15, 0.2) is 42.5 Å². The topological polar surface area (TPSA) is 132 Å². The molecule has 0 heterocycles. The van der Waals surface area contributed by atoms with Crippen LogP contribution in [0.1, 0.15) is 43.0 Å². The molecular formula is C25H29N3O7. The van der Waals surface area contributed by atoms with Crippen molar-refractivity contribution in [1.82, 2.24) is 5.32 Å². The SMILES string of the molecule is COc1cc(NC(=O)C2CCCC2)c(C(=O)O[C@@H](C)C(=O)NC(=O)Nc2ccccc2)cc1OC. The van der Waals surface area contributed by atoms with Crippen LogP contribution >= 0.6 is 0 Å². The van der Waals surface area contributed by atoms with Gasteiger partial charge >= 0.3 is 12.0 Å². The summed E-state index contributed by atoms with van der Waals surface area (Å²) in [6, 6.07) is 10.6. The fourth-order valence-corrected chi connectivity index (χ4v) is 3.75. The predicted molar refractivity (Wildman–Crippen MR) is 129 cm³/mol. The van der Waals surface area contributed by atoms with Gasteiger partial charge in [-0.2, -0.15) is 0 Å². The number of hydrogen-bond acceptors (Lipinski definition) is 7. The molecule has 0 bridgehead atoms. The van der Waals surface area contributed by atoms with Crippen molar-refractivity contribution in [2.24, 2.45) is 5.92 Å². The summed E-state index contributed by atoms with van der Waals surface area (Å²) in [5.41, 5.74) is 0.664. The first kappa shape index (κ1) is 25.5. The zero-order valence-corrected chi connectivity index (χ0v) is 19.9. The van der Waals surface area contributed by atoms with Crippen molar-refractivity contribution in [3.05, 3.63) is 48.0 Å². The molecule has 35 heavy (non-hydrogen) atoms. The van der Waals surface area contributed by atoms with Gasteiger partial charge in [-0.25, -0.2) is 9.59 Å². The van der Waals surface area contributed by atoms with Crippen LogP contribution in [0, 0.1) is 5.92 Å². The lowest BCUT2D eigenvalue weighted by Gasteiger charge is -2.18. The summed E-state index contributed by atoms with van der Waals surface area (Å²) >= 11 is 0. The molecule has 10 heteroatoms. The molecule has 1 aliphatic rings. The van der Waals surface area contributed by atoms with Crippen molar-refractivity contribution in [2.45, 2.75) is 38.7 Å². The Morgan fingerprint density at radius 2 is 1.54 bits per heavy atom. The zero-order chi connectivity index (χ0) is 25.4. The summed E-state index contributed by atoms with van der Waals surface area (Å²) in [6.45, 7) is 1.33. The first-order valence-electron chi connectivity index (χ1n) is 11.3. The Bertz CT molecular complexity index is 1080. The number of anilines is 2. The summed E-state index contributed by atoms with van der Waals surface area (Å²) in [6.07, 6.45) is 2.21. The van der Waals surface area contributed by atoms with Gasteiger partial charge in [0, 0.05) is 23.7 Å². The number of ether oxygens (including phenoxy) is 3. The Morgan fingerprint density at radius 1 is 0.914 bits per heavy atom. The second kappa shape index (κ2) is 11.9. The number of hydrogen-bond donors (Lipinski definition) is 3. The highest BCUT2D eigenvalue weighted by molar-refractivity contribution is 6.05. The van der Waals surface area contributed by atoms with Gasteiger partial charge in [0.05, 0.1) is 25.5 Å². The number of esters is 1. The quantitative estimate of drug-likeness (QED) is 0.488. The highest BCUT2D eigenvalue weighted by atomic mass is 16.5. The third kappa shape index (κ3) is 6.72. The molecule has 1 aliphatic carbocycles. The Kier molecular flexibility index (Phi) is 8.66. The third-order valence-electron chi connectivity index (χ3n) is 5.65. The minimum Gasteiger partial charge on any atom is -0.493 e. The molecule has 0 radical (unpaired) electrons. The monoisotopic (exact) mass is 483 g/mol. The fourth-order valence-electron chi connectivity index (χ4n) is 3.75. The number of carbonyl (C=O) groups excluding carboxylic acids is 4. The number of para-hydroxylation sites is 1. The van der Waals surface area contributed by atoms with Crippen molar-refractivity contribution in [3.8, 4) is 11.5 Å². The van der Waals surface area contributed by atoms with Gasteiger partial charge in [-0.15, -0.1) is 0 Å². The van der Waals surface area contributed by atoms with Crippen LogP contribution in [0.25, 0.3) is 0 Å². The number of benzene rings is 2. The van der Waals surface area contributed by atoms with E-state index in [-0.39, 0.29) is 28.8 Å². The molecule has 1 atom stereocenters. The maximum absolute atomic E-state index is 13.0. The molecule has 10 nitrogen and oxygen atoms in total. The molecule has 0 saturated heterocycles. The second-order valence-electron chi connectivity index (χ2n) is 8.08. The molecule has 1 fully saturated rings. The molecular weight excluding hydrogens is 454 g/mol. The van der Waals surface area contributed by atoms with Crippen molar-refractivity contribution in [1.29, 1.82) is 0 Å². The van der Waals surface area contributed by atoms with Gasteiger partial charge < -0.3 is 24.8 Å². The number of imide groups is 1. The first-order chi connectivity index (χ1) is 16.8. The summed E-state index contributed by atoms with van der Waals surface area (Å²) < 4.78 is 15.9. The van der Waals surface area contributed by atoms with E-state index in [0.29, 0.717) is 11.4 Å². The molecule has 0 aromatic heterocycles. The van der Waals surface area contributed by atoms with E-state index in [1.54, 1.807) is 30.3 Å². The lowest BCUT2D eigenvalue weighted by atomic mass is 10.1. The molecule has 2 aromatic carbocycles. The van der Waals surface area contributed by atoms with Crippen LogP contribution in [0.4, 0.5) is 16.2 Å². The number of carbonyl (C=O) groups is 4. The molecule has 186 valence electrons. The highest BCUT2D eigenvalue weighted by Crippen LogP contribution is 2.35. The predicted octanol–water partition coefficient (Wildman–Crippen LogP) is 3.73. The van der Waals surface area contributed by atoms with Crippen LogP contribution in [-0.4, -0.2) is 44.1 Å². The molecule has 1 saturated carbocycles. The average Bonchev–Trinajstić information content (AvgIpc) is 3.39. The summed E-state index contributed by atoms with van der Waals surface area (Å²) in [7, 11) is 2.84. The average molecular weight is 484 g/mol. The number of rotatable bonds is 8. The molecule has 2 aromatic rings. The van der Waals surface area contributed by atoms with E-state index in [4.69, 9.17) is 14.2 Å². The van der Waals surface area contributed by atoms with Gasteiger partial charge in [0.2, 0.25) is 5.91 Å². The van der Waals surface area contributed by atoms with E-state index in [0.717, 1.165) is 25.7 Å². The molecule has 0 unspecified atom stereocenters. The van der Waals surface area contributed by atoms with Crippen molar-refractivity contribution in [3.63, 3.8) is 0 Å². The number of nitrogens with one attached hydrogen (secondary N) is 3. The molecule has 3 N–H and O–H groups in total. The lowest BCUT2D eigenvalue weighted by molar-refractivity contribution is -0.127. The van der Waals surface area contributed by atoms with E-state index < -0.39 is 24.0 Å². The maximum atomic E-state index is 13.0. The van der Waals surface area contributed by atoms with Crippen LogP contribution in [0.2, 0.25) is 0 Å². The number of amides is 4. The molecule has 0 spiro atoms. The van der Waals surface area contributed by atoms with Crippen LogP contribution < -0.4 is 25.4 Å². The van der Waals surface area contributed by atoms with E-state index in [1.165, 1.54) is 33.3 Å². The summed E-state index contributed by atoms with van der Waals surface area (Å²) in [5, 5.41) is 7.42. The zero-order valence-electron chi connectivity index (χ0n) is 19.9. The van der Waals surface area contributed by atoms with Gasteiger partial charge in [-0.3, -0.25) is 14.9 Å². The van der Waals surface area contributed by atoms with Crippen molar-refractivity contribution >= 4 is 35.2 Å². The van der Waals surface area contributed by atoms with Gasteiger partial charge in [0.15, 0.2) is 17.6 Å². The number of methoxy groups -OCH3 is 2. The number of urea groups is 1. The standard InChI is InChI=1S/C25H29N3O7/c1-15(22(29)28-25(32)26-17-11-5-4-6-12-17)35-24(31)18-13-20(33-2)21(34-3)14-19(18)27-23(30)16-9-7-8-10-16/h4-6,11-16H,7-10H2,1-3H3,(H,27,30)(H2,26,28,29,32)/t15-/m0/s1. The molecule has 4 amide bonds. The minimum atomic E-state index is -1.30. The largest absolute Gasteiger partial charge is 0.493 e. The van der Waals surface area contributed by atoms with Crippen LogP contribution in [0.5, 0.6) is 11.5 Å². The Morgan fingerprint density at radius 3 is 2.17 bits per heavy atom. The van der Waals surface area contributed by atoms with E-state index in [9.17, 15) is 19.2 Å². The summed E-state index contributed by atoms with van der Waals surface area (Å²) in [5.74, 6) is -1.47. The first-order valence-corrected chi connectivity index (χ1v) is 11.3. The van der Waals surface area contributed by atoms with Crippen LogP contribution in [0.3, 0.4) is 0 Å². The second-order valence-corrected chi connectivity index (χ2v) is 8.08. The van der Waals surface area contributed by atoms with E-state index in [2.05, 4.69) is 16.0 Å². The third-order valence-corrected chi connectivity index (χ3v) is 5.65. The maximum Gasteiger partial charge on any atom is 0.341 e. The van der Waals surface area contributed by atoms with Crippen molar-refractivity contribution in [2.75, 3.05) is 24.9 Å². The normalized spacial score (nSPS) is 13.9. The smallest absolute Gasteiger partial charge is 0.341 e. The summed E-state index contributed by atoms with van der Waals surface area (Å²) in [4.78, 5) is 50.2. The van der Waals surface area contributed by atoms with Crippen LogP contribution in [-0.2, 0) is 14.3 Å². The Hall–Kier alpha value is -4.08. The molecule has 3 rings (SSSR count). The minimum absolute atomic E-state index is 0.0117.